The molecule has 0 saturated heterocycles. The molecule has 3 N–H and O–H groups in total. The second-order valence-corrected chi connectivity index (χ2v) is 7.66. The van der Waals surface area contributed by atoms with Gasteiger partial charge < -0.3 is 10.8 Å². The van der Waals surface area contributed by atoms with E-state index in [9.17, 15) is 9.59 Å². The number of benzene rings is 1. The van der Waals surface area contributed by atoms with Crippen LogP contribution in [0.15, 0.2) is 30.5 Å². The number of carbonyl (C=O) groups is 2. The highest BCUT2D eigenvalue weighted by Gasteiger charge is 2.18. The molecule has 0 aliphatic heterocycles. The lowest BCUT2D eigenvalue weighted by molar-refractivity contribution is -0.138. The van der Waals surface area contributed by atoms with Gasteiger partial charge in [-0.05, 0) is 18.1 Å². The Balaban J connectivity index is 1.87. The van der Waals surface area contributed by atoms with Crippen LogP contribution >= 0.6 is 0 Å². The number of para-hydroxylation sites is 1. The number of aromatic nitrogens is 1. The molecule has 2 rings (SSSR count). The molecule has 0 fully saturated rings. The van der Waals surface area contributed by atoms with Crippen LogP contribution in [0.5, 0.6) is 0 Å². The van der Waals surface area contributed by atoms with Gasteiger partial charge in [0.05, 0.1) is 5.52 Å². The first-order valence-corrected chi connectivity index (χ1v) is 10.6. The minimum atomic E-state index is -1.03. The fraction of sp³-hybridized carbons (Fsp3) is 0.565. The summed E-state index contributed by atoms with van der Waals surface area (Å²) in [6, 6.07) is 6.64. The Hall–Kier alpha value is -2.14. The van der Waals surface area contributed by atoms with Gasteiger partial charge >= 0.3 is 5.97 Å². The van der Waals surface area contributed by atoms with Gasteiger partial charge in [-0.15, -0.1) is 0 Å². The minimum absolute atomic E-state index is 0.0642. The molecular formula is C23H34N2O3. The molecule has 2 aromatic rings. The van der Waals surface area contributed by atoms with Crippen LogP contribution in [-0.2, 0) is 11.2 Å². The van der Waals surface area contributed by atoms with Crippen molar-refractivity contribution in [2.24, 2.45) is 5.73 Å². The van der Waals surface area contributed by atoms with Gasteiger partial charge in [-0.25, -0.2) is 0 Å². The molecular weight excluding hydrogens is 352 g/mol. The van der Waals surface area contributed by atoms with E-state index in [4.69, 9.17) is 10.8 Å². The van der Waals surface area contributed by atoms with Gasteiger partial charge in [0.2, 0.25) is 5.91 Å². The van der Waals surface area contributed by atoms with Crippen molar-refractivity contribution in [1.82, 2.24) is 4.57 Å². The smallest absolute Gasteiger partial charge is 0.320 e. The van der Waals surface area contributed by atoms with Crippen LogP contribution in [0.4, 0.5) is 0 Å². The maximum Gasteiger partial charge on any atom is 0.320 e. The highest BCUT2D eigenvalue weighted by Crippen LogP contribution is 2.23. The Kier molecular flexibility index (Phi) is 9.21. The summed E-state index contributed by atoms with van der Waals surface area (Å²) < 4.78 is 1.67. The average molecular weight is 387 g/mol. The average Bonchev–Trinajstić information content (AvgIpc) is 3.05. The molecule has 0 saturated carbocycles. The first-order valence-electron chi connectivity index (χ1n) is 10.6. The largest absolute Gasteiger partial charge is 0.480 e. The standard InChI is InChI=1S/C23H34N2O3/c1-2-3-4-5-6-7-8-9-10-15-22(26)25-17-18(16-20(24)23(27)28)19-13-11-12-14-21(19)25/h11-14,17,20H,2-10,15-16,24H2,1H3,(H,27,28). The summed E-state index contributed by atoms with van der Waals surface area (Å²) >= 11 is 0. The summed E-state index contributed by atoms with van der Waals surface area (Å²) in [4.78, 5) is 23.8. The predicted molar refractivity (Wildman–Crippen MR) is 114 cm³/mol. The topological polar surface area (TPSA) is 85.3 Å². The highest BCUT2D eigenvalue weighted by atomic mass is 16.4. The summed E-state index contributed by atoms with van der Waals surface area (Å²) in [6.45, 7) is 2.23. The van der Waals surface area contributed by atoms with Gasteiger partial charge in [0, 0.05) is 24.4 Å². The number of aliphatic carboxylic acids is 1. The Morgan fingerprint density at radius 2 is 1.61 bits per heavy atom. The Morgan fingerprint density at radius 3 is 2.25 bits per heavy atom. The number of hydrogen-bond donors (Lipinski definition) is 2. The van der Waals surface area contributed by atoms with Crippen LogP contribution in [0, 0.1) is 0 Å². The number of unbranched alkanes of at least 4 members (excludes halogenated alkanes) is 8. The van der Waals surface area contributed by atoms with Gasteiger partial charge in [-0.2, -0.15) is 0 Å². The van der Waals surface area contributed by atoms with Crippen LogP contribution in [0.25, 0.3) is 10.9 Å². The first kappa shape index (κ1) is 22.2. The third-order valence-electron chi connectivity index (χ3n) is 5.31. The van der Waals surface area contributed by atoms with E-state index in [1.54, 1.807) is 10.8 Å². The Bertz CT molecular complexity index is 766. The molecule has 1 aromatic heterocycles. The monoisotopic (exact) mass is 386 g/mol. The Labute approximate surface area is 167 Å². The molecule has 1 heterocycles. The lowest BCUT2D eigenvalue weighted by Gasteiger charge is -2.05. The SMILES string of the molecule is CCCCCCCCCCCC(=O)n1cc(CC(N)C(=O)O)c2ccccc21. The van der Waals surface area contributed by atoms with Crippen LogP contribution in [0.3, 0.4) is 0 Å². The molecule has 0 amide bonds. The maximum atomic E-state index is 12.7. The lowest BCUT2D eigenvalue weighted by atomic mass is 10.1. The molecule has 5 nitrogen and oxygen atoms in total. The molecule has 0 aliphatic carbocycles. The molecule has 0 spiro atoms. The van der Waals surface area contributed by atoms with Gasteiger partial charge in [0.15, 0.2) is 0 Å². The fourth-order valence-corrected chi connectivity index (χ4v) is 3.65. The van der Waals surface area contributed by atoms with Gasteiger partial charge in [0.25, 0.3) is 0 Å². The molecule has 1 aromatic carbocycles. The minimum Gasteiger partial charge on any atom is -0.480 e. The number of carboxylic acids is 1. The number of nitrogens with zero attached hydrogens (tertiary/aromatic N) is 1. The highest BCUT2D eigenvalue weighted by molar-refractivity contribution is 5.94. The quantitative estimate of drug-likeness (QED) is 0.466. The third-order valence-corrected chi connectivity index (χ3v) is 5.31. The van der Waals surface area contributed by atoms with Crippen molar-refractivity contribution in [3.63, 3.8) is 0 Å². The maximum absolute atomic E-state index is 12.7. The summed E-state index contributed by atoms with van der Waals surface area (Å²) in [5.41, 5.74) is 7.34. The van der Waals surface area contributed by atoms with Crippen molar-refractivity contribution in [2.45, 2.75) is 83.6 Å². The van der Waals surface area contributed by atoms with Crippen molar-refractivity contribution in [3.05, 3.63) is 36.0 Å². The van der Waals surface area contributed by atoms with Crippen molar-refractivity contribution >= 4 is 22.8 Å². The van der Waals surface area contributed by atoms with Crippen molar-refractivity contribution < 1.29 is 14.7 Å². The Morgan fingerprint density at radius 1 is 1.00 bits per heavy atom. The van der Waals surface area contributed by atoms with E-state index in [0.29, 0.717) is 6.42 Å². The van der Waals surface area contributed by atoms with E-state index < -0.39 is 12.0 Å². The van der Waals surface area contributed by atoms with Crippen molar-refractivity contribution in [1.29, 1.82) is 0 Å². The molecule has 0 bridgehead atoms. The second kappa shape index (κ2) is 11.6. The van der Waals surface area contributed by atoms with E-state index in [1.165, 1.54) is 44.9 Å². The van der Waals surface area contributed by atoms with Crippen LogP contribution in [0.1, 0.15) is 81.5 Å². The normalized spacial score (nSPS) is 12.4. The van der Waals surface area contributed by atoms with Gasteiger partial charge in [0.1, 0.15) is 6.04 Å². The number of nitrogens with two attached hydrogens (primary N) is 1. The molecule has 5 heteroatoms. The lowest BCUT2D eigenvalue weighted by Crippen LogP contribution is -2.32. The van der Waals surface area contributed by atoms with Crippen molar-refractivity contribution in [3.8, 4) is 0 Å². The van der Waals surface area contributed by atoms with Crippen LogP contribution in [0.2, 0.25) is 0 Å². The van der Waals surface area contributed by atoms with Crippen LogP contribution < -0.4 is 5.73 Å². The number of rotatable bonds is 13. The molecule has 154 valence electrons. The van der Waals surface area contributed by atoms with E-state index in [-0.39, 0.29) is 12.3 Å². The summed E-state index contributed by atoms with van der Waals surface area (Å²) in [7, 11) is 0. The molecule has 0 aliphatic rings. The number of hydrogen-bond acceptors (Lipinski definition) is 3. The van der Waals surface area contributed by atoms with Gasteiger partial charge in [-0.1, -0.05) is 76.5 Å². The van der Waals surface area contributed by atoms with E-state index in [0.717, 1.165) is 29.3 Å². The zero-order valence-electron chi connectivity index (χ0n) is 17.0. The molecule has 28 heavy (non-hydrogen) atoms. The summed E-state index contributed by atoms with van der Waals surface area (Å²) in [6.07, 6.45) is 13.5. The van der Waals surface area contributed by atoms with Gasteiger partial charge in [-0.3, -0.25) is 14.2 Å². The second-order valence-electron chi connectivity index (χ2n) is 7.66. The number of carbonyl (C=O) groups excluding carboxylic acids is 1. The summed E-state index contributed by atoms with van der Waals surface area (Å²) in [5.74, 6) is -0.966. The van der Waals surface area contributed by atoms with Crippen LogP contribution in [-0.4, -0.2) is 27.6 Å². The van der Waals surface area contributed by atoms with Crippen molar-refractivity contribution in [2.75, 3.05) is 0 Å². The number of fused-ring (bicyclic) bond motifs is 1. The zero-order chi connectivity index (χ0) is 20.4. The molecule has 1 atom stereocenters. The zero-order valence-corrected chi connectivity index (χ0v) is 17.0. The first-order chi connectivity index (χ1) is 13.5. The summed E-state index contributed by atoms with van der Waals surface area (Å²) in [5, 5.41) is 9.98. The fourth-order valence-electron chi connectivity index (χ4n) is 3.65. The molecule has 0 radical (unpaired) electrons. The predicted octanol–water partition coefficient (Wildman–Crippen LogP) is 5.16. The van der Waals surface area contributed by atoms with E-state index >= 15 is 0 Å². The molecule has 1 unspecified atom stereocenters. The van der Waals surface area contributed by atoms with E-state index in [1.807, 2.05) is 24.3 Å². The number of carboxylic acid groups (broad SMARTS) is 1. The van der Waals surface area contributed by atoms with E-state index in [2.05, 4.69) is 6.92 Å². The third kappa shape index (κ3) is 6.48.